The molecule has 0 radical (unpaired) electrons. The van der Waals surface area contributed by atoms with E-state index in [-0.39, 0.29) is 23.0 Å². The van der Waals surface area contributed by atoms with E-state index < -0.39 is 5.97 Å². The molecule has 0 saturated heterocycles. The molecule has 1 aromatic heterocycles. The van der Waals surface area contributed by atoms with Gasteiger partial charge in [0.05, 0.1) is 10.6 Å². The number of aryl methyl sites for hydroxylation is 1. The number of ether oxygens (including phenoxy) is 1. The molecule has 0 aliphatic heterocycles. The molecule has 0 aliphatic carbocycles. The summed E-state index contributed by atoms with van der Waals surface area (Å²) in [5, 5.41) is 0.580. The zero-order valence-corrected chi connectivity index (χ0v) is 18.2. The van der Waals surface area contributed by atoms with Gasteiger partial charge in [-0.2, -0.15) is 0 Å². The first-order valence-corrected chi connectivity index (χ1v) is 9.93. The van der Waals surface area contributed by atoms with Gasteiger partial charge >= 0.3 is 5.97 Å². The van der Waals surface area contributed by atoms with Gasteiger partial charge in [-0.25, -0.2) is 4.79 Å². The molecule has 7 heteroatoms. The van der Waals surface area contributed by atoms with E-state index in [0.717, 1.165) is 21.5 Å². The summed E-state index contributed by atoms with van der Waals surface area (Å²) in [7, 11) is 0. The molecule has 0 aliphatic rings. The topological polar surface area (TPSA) is 48.3 Å². The Labute approximate surface area is 181 Å². The van der Waals surface area contributed by atoms with Crippen LogP contribution in [0.25, 0.3) is 5.69 Å². The molecule has 0 amide bonds. The summed E-state index contributed by atoms with van der Waals surface area (Å²) >= 11 is 15.3. The maximum atomic E-state index is 12.6. The third kappa shape index (κ3) is 4.32. The number of benzene rings is 2. The first-order valence-electron chi connectivity index (χ1n) is 8.38. The van der Waals surface area contributed by atoms with Crippen molar-refractivity contribution in [3.05, 3.63) is 85.6 Å². The minimum Gasteiger partial charge on any atom is -0.454 e. The van der Waals surface area contributed by atoms with E-state index in [9.17, 15) is 9.59 Å². The minimum absolute atomic E-state index is 0.127. The second-order valence-corrected chi connectivity index (χ2v) is 7.98. The average Bonchev–Trinajstić information content (AvgIpc) is 2.96. The van der Waals surface area contributed by atoms with Crippen molar-refractivity contribution >= 4 is 50.9 Å². The highest BCUT2D eigenvalue weighted by molar-refractivity contribution is 9.10. The predicted octanol–water partition coefficient (Wildman–Crippen LogP) is 6.20. The quantitative estimate of drug-likeness (QED) is 0.322. The minimum atomic E-state index is -0.692. The Morgan fingerprint density at radius 1 is 1.00 bits per heavy atom. The molecule has 0 N–H and O–H groups in total. The van der Waals surface area contributed by atoms with Crippen molar-refractivity contribution in [3.63, 3.8) is 0 Å². The normalized spacial score (nSPS) is 10.8. The highest BCUT2D eigenvalue weighted by atomic mass is 79.9. The Kier molecular flexibility index (Phi) is 6.28. The Morgan fingerprint density at radius 2 is 1.68 bits per heavy atom. The first kappa shape index (κ1) is 20.6. The molecular formula is C21H16BrCl2NO3. The fourth-order valence-corrected chi connectivity index (χ4v) is 3.60. The number of rotatable bonds is 5. The molecule has 4 nitrogen and oxygen atoms in total. The lowest BCUT2D eigenvalue weighted by molar-refractivity contribution is 0.0474. The fraction of sp³-hybridized carbons (Fsp3) is 0.143. The second-order valence-electron chi connectivity index (χ2n) is 6.22. The van der Waals surface area contributed by atoms with Crippen LogP contribution in [0.2, 0.25) is 10.0 Å². The van der Waals surface area contributed by atoms with E-state index in [1.54, 1.807) is 12.1 Å². The summed E-state index contributed by atoms with van der Waals surface area (Å²) < 4.78 is 8.11. The van der Waals surface area contributed by atoms with Crippen molar-refractivity contribution < 1.29 is 14.3 Å². The number of ketones is 1. The third-order valence-corrected chi connectivity index (χ3v) is 5.39. The molecule has 0 atom stereocenters. The van der Waals surface area contributed by atoms with Crippen LogP contribution in [-0.2, 0) is 4.74 Å². The molecule has 3 aromatic rings. The number of halogens is 3. The lowest BCUT2D eigenvalue weighted by Gasteiger charge is -2.10. The average molecular weight is 481 g/mol. The van der Waals surface area contributed by atoms with Gasteiger partial charge in [0.2, 0.25) is 5.78 Å². The Hall–Kier alpha value is -2.08. The maximum absolute atomic E-state index is 12.6. The number of carbonyl (C=O) groups is 2. The number of hydrogen-bond donors (Lipinski definition) is 0. The number of hydrogen-bond acceptors (Lipinski definition) is 3. The Bertz CT molecular complexity index is 1060. The Balaban J connectivity index is 1.78. The van der Waals surface area contributed by atoms with Crippen molar-refractivity contribution in [1.82, 2.24) is 4.57 Å². The zero-order chi connectivity index (χ0) is 20.4. The van der Waals surface area contributed by atoms with Crippen LogP contribution < -0.4 is 0 Å². The summed E-state index contributed by atoms with van der Waals surface area (Å²) in [5.41, 5.74) is 3.27. The number of carbonyl (C=O) groups excluding carboxylic acids is 2. The molecule has 28 heavy (non-hydrogen) atoms. The summed E-state index contributed by atoms with van der Waals surface area (Å²) in [5.74, 6) is -0.981. The zero-order valence-electron chi connectivity index (χ0n) is 15.1. The van der Waals surface area contributed by atoms with Gasteiger partial charge in [-0.05, 0) is 62.4 Å². The SMILES string of the molecule is Cc1cc(C(=O)COC(=O)c2cc(Cl)ccc2Cl)c(C)n1-c1ccc(Br)cc1. The van der Waals surface area contributed by atoms with Crippen LogP contribution in [0.15, 0.2) is 53.0 Å². The van der Waals surface area contributed by atoms with E-state index >= 15 is 0 Å². The van der Waals surface area contributed by atoms with Crippen LogP contribution in [-0.4, -0.2) is 22.9 Å². The van der Waals surface area contributed by atoms with Gasteiger partial charge in [-0.1, -0.05) is 39.1 Å². The molecule has 2 aromatic carbocycles. The highest BCUT2D eigenvalue weighted by Gasteiger charge is 2.19. The molecule has 0 spiro atoms. The van der Waals surface area contributed by atoms with Crippen LogP contribution >= 0.6 is 39.1 Å². The van der Waals surface area contributed by atoms with Crippen LogP contribution in [0, 0.1) is 13.8 Å². The van der Waals surface area contributed by atoms with E-state index in [0.29, 0.717) is 10.6 Å². The van der Waals surface area contributed by atoms with Crippen LogP contribution in [0.5, 0.6) is 0 Å². The summed E-state index contributed by atoms with van der Waals surface area (Å²) in [4.78, 5) is 24.9. The largest absolute Gasteiger partial charge is 0.454 e. The lowest BCUT2D eigenvalue weighted by atomic mass is 10.1. The van der Waals surface area contributed by atoms with E-state index in [1.165, 1.54) is 12.1 Å². The van der Waals surface area contributed by atoms with Crippen molar-refractivity contribution in [3.8, 4) is 5.69 Å². The summed E-state index contributed by atoms with van der Waals surface area (Å²) in [6, 6.07) is 14.1. The lowest BCUT2D eigenvalue weighted by Crippen LogP contribution is -2.15. The van der Waals surface area contributed by atoms with Gasteiger partial charge in [-0.3, -0.25) is 4.79 Å². The third-order valence-electron chi connectivity index (χ3n) is 4.30. The highest BCUT2D eigenvalue weighted by Crippen LogP contribution is 2.24. The number of Topliss-reactive ketones (excluding diaryl/α,β-unsaturated/α-hetero) is 1. The van der Waals surface area contributed by atoms with E-state index in [4.69, 9.17) is 27.9 Å². The number of nitrogens with zero attached hydrogens (tertiary/aromatic N) is 1. The molecule has 3 rings (SSSR count). The van der Waals surface area contributed by atoms with Crippen molar-refractivity contribution in [2.75, 3.05) is 6.61 Å². The van der Waals surface area contributed by atoms with Crippen LogP contribution in [0.1, 0.15) is 32.1 Å². The molecule has 1 heterocycles. The van der Waals surface area contributed by atoms with Gasteiger partial charge in [0.1, 0.15) is 0 Å². The van der Waals surface area contributed by atoms with E-state index in [2.05, 4.69) is 15.9 Å². The smallest absolute Gasteiger partial charge is 0.340 e. The van der Waals surface area contributed by atoms with Gasteiger partial charge in [0.25, 0.3) is 0 Å². The first-order chi connectivity index (χ1) is 13.3. The van der Waals surface area contributed by atoms with Crippen molar-refractivity contribution in [2.24, 2.45) is 0 Å². The fourth-order valence-electron chi connectivity index (χ4n) is 2.97. The van der Waals surface area contributed by atoms with Gasteiger partial charge in [0.15, 0.2) is 6.61 Å². The maximum Gasteiger partial charge on any atom is 0.340 e. The van der Waals surface area contributed by atoms with Crippen LogP contribution in [0.4, 0.5) is 0 Å². The summed E-state index contributed by atoms with van der Waals surface area (Å²) in [6.07, 6.45) is 0. The van der Waals surface area contributed by atoms with Crippen molar-refractivity contribution in [1.29, 1.82) is 0 Å². The Morgan fingerprint density at radius 3 is 2.36 bits per heavy atom. The number of aromatic nitrogens is 1. The second kappa shape index (κ2) is 8.52. The van der Waals surface area contributed by atoms with Gasteiger partial charge < -0.3 is 9.30 Å². The molecule has 0 unspecified atom stereocenters. The molecule has 144 valence electrons. The molecule has 0 bridgehead atoms. The van der Waals surface area contributed by atoms with Gasteiger partial charge in [0, 0.05) is 32.1 Å². The molecule has 0 fully saturated rings. The van der Waals surface area contributed by atoms with E-state index in [1.807, 2.05) is 42.7 Å². The summed E-state index contributed by atoms with van der Waals surface area (Å²) in [6.45, 7) is 3.40. The molecular weight excluding hydrogens is 465 g/mol. The number of esters is 1. The van der Waals surface area contributed by atoms with Crippen LogP contribution in [0.3, 0.4) is 0 Å². The molecule has 0 saturated carbocycles. The van der Waals surface area contributed by atoms with Gasteiger partial charge in [-0.15, -0.1) is 0 Å². The monoisotopic (exact) mass is 479 g/mol. The predicted molar refractivity (Wildman–Crippen MR) is 114 cm³/mol. The standard InChI is InChI=1S/C21H16BrCl2NO3/c1-12-9-17(13(2)25(12)16-6-3-14(22)4-7-16)20(26)11-28-21(27)18-10-15(23)5-8-19(18)24/h3-10H,11H2,1-2H3. The van der Waals surface area contributed by atoms with Crippen molar-refractivity contribution in [2.45, 2.75) is 13.8 Å².